The van der Waals surface area contributed by atoms with Crippen LogP contribution in [0.5, 0.6) is 5.75 Å². The Kier molecular flexibility index (Phi) is 6.56. The lowest BCUT2D eigenvalue weighted by Gasteiger charge is -2.17. The lowest BCUT2D eigenvalue weighted by Crippen LogP contribution is -2.45. The van der Waals surface area contributed by atoms with Gasteiger partial charge in [0.15, 0.2) is 0 Å². The Hall–Kier alpha value is -2.57. The number of carboxylic acid groups (broad SMARTS) is 1. The zero-order valence-electron chi connectivity index (χ0n) is 13.4. The maximum atomic E-state index is 11.9. The molecule has 1 rings (SSSR count). The van der Waals surface area contributed by atoms with Gasteiger partial charge in [0, 0.05) is 13.0 Å². The number of aliphatic carboxylic acids is 1. The summed E-state index contributed by atoms with van der Waals surface area (Å²) in [7, 11) is 0. The minimum Gasteiger partial charge on any atom is -0.507 e. The summed E-state index contributed by atoms with van der Waals surface area (Å²) < 4.78 is 0. The molecule has 0 aliphatic carbocycles. The molecule has 1 aromatic carbocycles. The van der Waals surface area contributed by atoms with E-state index in [-0.39, 0.29) is 30.2 Å². The van der Waals surface area contributed by atoms with Crippen LogP contribution in [0, 0.1) is 12.8 Å². The number of hydrogen-bond donors (Lipinski definition) is 4. The van der Waals surface area contributed by atoms with E-state index >= 15 is 0 Å². The molecule has 0 aliphatic heterocycles. The molecular formula is C16H22N2O5. The number of hydrogen-bond acceptors (Lipinski definition) is 4. The molecule has 0 fully saturated rings. The first-order valence-corrected chi connectivity index (χ1v) is 7.32. The highest BCUT2D eigenvalue weighted by Crippen LogP contribution is 2.17. The van der Waals surface area contributed by atoms with Crippen molar-refractivity contribution < 1.29 is 24.6 Å². The van der Waals surface area contributed by atoms with Gasteiger partial charge in [0.05, 0.1) is 5.56 Å². The molecule has 0 aromatic heterocycles. The molecule has 0 saturated carbocycles. The quantitative estimate of drug-likeness (QED) is 0.599. The van der Waals surface area contributed by atoms with Crippen molar-refractivity contribution in [3.05, 3.63) is 29.3 Å². The van der Waals surface area contributed by atoms with E-state index in [0.29, 0.717) is 0 Å². The molecule has 23 heavy (non-hydrogen) atoms. The monoisotopic (exact) mass is 322 g/mol. The molecule has 126 valence electrons. The van der Waals surface area contributed by atoms with Crippen LogP contribution >= 0.6 is 0 Å². The lowest BCUT2D eigenvalue weighted by atomic mass is 10.0. The Morgan fingerprint density at radius 2 is 1.87 bits per heavy atom. The Labute approximate surface area is 134 Å². The van der Waals surface area contributed by atoms with Crippen LogP contribution < -0.4 is 10.6 Å². The van der Waals surface area contributed by atoms with E-state index in [4.69, 9.17) is 5.11 Å². The second-order valence-corrected chi connectivity index (χ2v) is 5.65. The van der Waals surface area contributed by atoms with Crippen molar-refractivity contribution >= 4 is 17.8 Å². The van der Waals surface area contributed by atoms with Crippen LogP contribution in [0.15, 0.2) is 18.2 Å². The summed E-state index contributed by atoms with van der Waals surface area (Å²) in [6, 6.07) is 3.71. The third-order valence-corrected chi connectivity index (χ3v) is 3.28. The predicted molar refractivity (Wildman–Crippen MR) is 84.2 cm³/mol. The maximum Gasteiger partial charge on any atom is 0.326 e. The van der Waals surface area contributed by atoms with Gasteiger partial charge in [-0.2, -0.15) is 0 Å². The zero-order chi connectivity index (χ0) is 17.6. The van der Waals surface area contributed by atoms with Gasteiger partial charge >= 0.3 is 5.97 Å². The van der Waals surface area contributed by atoms with Gasteiger partial charge < -0.3 is 20.8 Å². The number of phenolic OH excluding ortho intramolecular Hbond substituents is 1. The summed E-state index contributed by atoms with van der Waals surface area (Å²) in [6.07, 6.45) is -0.0468. The first kappa shape index (κ1) is 18.5. The molecule has 4 N–H and O–H groups in total. The molecule has 2 amide bonds. The average molecular weight is 322 g/mol. The Bertz CT molecular complexity index is 598. The van der Waals surface area contributed by atoms with Gasteiger partial charge in [-0.15, -0.1) is 0 Å². The first-order valence-electron chi connectivity index (χ1n) is 7.32. The van der Waals surface area contributed by atoms with Crippen molar-refractivity contribution in [2.75, 3.05) is 6.54 Å². The maximum absolute atomic E-state index is 11.9. The molecule has 0 bridgehead atoms. The minimum absolute atomic E-state index is 0.0441. The number of aromatic hydroxyl groups is 1. The SMILES string of the molecule is Cc1ccc(C(=O)NCCC(=O)N[C@H](C(=O)O)C(C)C)c(O)c1. The van der Waals surface area contributed by atoms with E-state index < -0.39 is 23.8 Å². The number of nitrogens with one attached hydrogen (secondary N) is 2. The van der Waals surface area contributed by atoms with Crippen LogP contribution in [-0.4, -0.2) is 40.6 Å². The van der Waals surface area contributed by atoms with E-state index in [9.17, 15) is 19.5 Å². The Balaban J connectivity index is 2.48. The van der Waals surface area contributed by atoms with Gasteiger partial charge in [0.25, 0.3) is 5.91 Å². The predicted octanol–water partition coefficient (Wildman–Crippen LogP) is 1.05. The topological polar surface area (TPSA) is 116 Å². The summed E-state index contributed by atoms with van der Waals surface area (Å²) >= 11 is 0. The van der Waals surface area contributed by atoms with Crippen LogP contribution in [0.3, 0.4) is 0 Å². The molecule has 0 spiro atoms. The largest absolute Gasteiger partial charge is 0.507 e. The van der Waals surface area contributed by atoms with E-state index in [0.717, 1.165) is 5.56 Å². The number of phenols is 1. The van der Waals surface area contributed by atoms with Gasteiger partial charge in [-0.1, -0.05) is 19.9 Å². The molecule has 0 unspecified atom stereocenters. The van der Waals surface area contributed by atoms with E-state index in [1.165, 1.54) is 12.1 Å². The van der Waals surface area contributed by atoms with Crippen LogP contribution in [0.2, 0.25) is 0 Å². The normalized spacial score (nSPS) is 11.8. The molecule has 0 heterocycles. The van der Waals surface area contributed by atoms with E-state index in [1.807, 2.05) is 0 Å². The van der Waals surface area contributed by atoms with Crippen molar-refractivity contribution in [1.82, 2.24) is 10.6 Å². The summed E-state index contributed by atoms with van der Waals surface area (Å²) in [6.45, 7) is 5.23. The fourth-order valence-corrected chi connectivity index (χ4v) is 1.98. The summed E-state index contributed by atoms with van der Waals surface area (Å²) in [5.74, 6) is -2.41. The molecule has 0 aliphatic rings. The molecule has 0 radical (unpaired) electrons. The van der Waals surface area contributed by atoms with Crippen LogP contribution in [0.1, 0.15) is 36.2 Å². The van der Waals surface area contributed by atoms with Crippen molar-refractivity contribution in [2.45, 2.75) is 33.2 Å². The number of aryl methyl sites for hydroxylation is 1. The fourth-order valence-electron chi connectivity index (χ4n) is 1.98. The summed E-state index contributed by atoms with van der Waals surface area (Å²) in [5.41, 5.74) is 0.952. The number of carboxylic acids is 1. The van der Waals surface area contributed by atoms with Gasteiger partial charge in [0.1, 0.15) is 11.8 Å². The molecule has 0 saturated heterocycles. The van der Waals surface area contributed by atoms with Crippen molar-refractivity contribution in [2.24, 2.45) is 5.92 Å². The van der Waals surface area contributed by atoms with Crippen molar-refractivity contribution in [3.8, 4) is 5.75 Å². The molecule has 7 heteroatoms. The third-order valence-electron chi connectivity index (χ3n) is 3.28. The Morgan fingerprint density at radius 1 is 1.22 bits per heavy atom. The van der Waals surface area contributed by atoms with Crippen LogP contribution in [0.25, 0.3) is 0 Å². The summed E-state index contributed by atoms with van der Waals surface area (Å²) in [5, 5.41) is 23.6. The van der Waals surface area contributed by atoms with E-state index in [2.05, 4.69) is 10.6 Å². The van der Waals surface area contributed by atoms with Gasteiger partial charge in [-0.05, 0) is 30.5 Å². The van der Waals surface area contributed by atoms with Crippen LogP contribution in [-0.2, 0) is 9.59 Å². The number of carbonyl (C=O) groups excluding carboxylic acids is 2. The smallest absolute Gasteiger partial charge is 0.326 e. The van der Waals surface area contributed by atoms with E-state index in [1.54, 1.807) is 26.8 Å². The van der Waals surface area contributed by atoms with Crippen LogP contribution in [0.4, 0.5) is 0 Å². The molecule has 1 atom stereocenters. The van der Waals surface area contributed by atoms with Crippen molar-refractivity contribution in [1.29, 1.82) is 0 Å². The average Bonchev–Trinajstić information content (AvgIpc) is 2.43. The van der Waals surface area contributed by atoms with Gasteiger partial charge in [0.2, 0.25) is 5.91 Å². The number of amides is 2. The second-order valence-electron chi connectivity index (χ2n) is 5.65. The third kappa shape index (κ3) is 5.61. The second kappa shape index (κ2) is 8.17. The molecule has 7 nitrogen and oxygen atoms in total. The Morgan fingerprint density at radius 3 is 2.39 bits per heavy atom. The van der Waals surface area contributed by atoms with Crippen molar-refractivity contribution in [3.63, 3.8) is 0 Å². The lowest BCUT2D eigenvalue weighted by molar-refractivity contribution is -0.143. The molecular weight excluding hydrogens is 300 g/mol. The number of benzene rings is 1. The summed E-state index contributed by atoms with van der Waals surface area (Å²) in [4.78, 5) is 34.6. The standard InChI is InChI=1S/C16H22N2O5/c1-9(2)14(16(22)23)18-13(20)6-7-17-15(21)11-5-4-10(3)8-12(11)19/h4-5,8-9,14,19H,6-7H2,1-3H3,(H,17,21)(H,18,20)(H,22,23)/t14-/m0/s1. The first-order chi connectivity index (χ1) is 10.7. The minimum atomic E-state index is -1.10. The highest BCUT2D eigenvalue weighted by molar-refractivity contribution is 5.97. The van der Waals surface area contributed by atoms with Gasteiger partial charge in [-0.3, -0.25) is 9.59 Å². The fraction of sp³-hybridized carbons (Fsp3) is 0.438. The molecule has 1 aromatic rings. The number of carbonyl (C=O) groups is 3. The zero-order valence-corrected chi connectivity index (χ0v) is 13.4. The number of rotatable bonds is 7. The highest BCUT2D eigenvalue weighted by Gasteiger charge is 2.23. The highest BCUT2D eigenvalue weighted by atomic mass is 16.4. The van der Waals surface area contributed by atoms with Gasteiger partial charge in [-0.25, -0.2) is 4.79 Å².